The summed E-state index contributed by atoms with van der Waals surface area (Å²) < 4.78 is 40.4. The van der Waals surface area contributed by atoms with Crippen molar-refractivity contribution in [2.75, 3.05) is 25.4 Å². The van der Waals surface area contributed by atoms with Gasteiger partial charge in [-0.15, -0.1) is 0 Å². The van der Waals surface area contributed by atoms with Gasteiger partial charge in [-0.3, -0.25) is 14.4 Å². The van der Waals surface area contributed by atoms with Crippen LogP contribution in [0.25, 0.3) is 0 Å². The second-order valence-electron chi connectivity index (χ2n) is 4.96. The van der Waals surface area contributed by atoms with E-state index in [-0.39, 0.29) is 24.6 Å². The van der Waals surface area contributed by atoms with E-state index in [1.807, 2.05) is 0 Å². The van der Waals surface area contributed by atoms with Crippen molar-refractivity contribution in [2.45, 2.75) is 17.7 Å². The number of amides is 1. The van der Waals surface area contributed by atoms with E-state index in [0.717, 1.165) is 5.06 Å². The topological polar surface area (TPSA) is 87.7 Å². The van der Waals surface area contributed by atoms with Crippen LogP contribution < -0.4 is 10.0 Å². The van der Waals surface area contributed by atoms with Crippen LogP contribution in [0.2, 0.25) is 0 Å². The van der Waals surface area contributed by atoms with Crippen molar-refractivity contribution in [3.8, 4) is 0 Å². The molecule has 1 saturated heterocycles. The van der Waals surface area contributed by atoms with Crippen LogP contribution in [0.1, 0.15) is 6.42 Å². The van der Waals surface area contributed by atoms with E-state index in [4.69, 9.17) is 4.84 Å². The van der Waals surface area contributed by atoms with Gasteiger partial charge in [-0.1, -0.05) is 12.1 Å². The largest absolute Gasteiger partial charge is 0.304 e. The maximum Gasteiger partial charge on any atom is 0.262 e. The molecule has 0 bridgehead atoms. The molecule has 9 heteroatoms. The Morgan fingerprint density at radius 3 is 2.77 bits per heavy atom. The lowest BCUT2D eigenvalue weighted by Gasteiger charge is -2.18. The number of likely N-dealkylation sites (N-methyl/N-ethyl adjacent to an activating group) is 1. The summed E-state index contributed by atoms with van der Waals surface area (Å²) in [5.74, 6) is -1.00. The predicted molar refractivity (Wildman–Crippen MR) is 78.9 cm³/mol. The highest BCUT2D eigenvalue weighted by atomic mass is 32.2. The Morgan fingerprint density at radius 2 is 2.14 bits per heavy atom. The summed E-state index contributed by atoms with van der Waals surface area (Å²) in [5, 5.41) is 3.06. The quantitative estimate of drug-likeness (QED) is 0.759. The van der Waals surface area contributed by atoms with Gasteiger partial charge >= 0.3 is 0 Å². The molecule has 0 saturated carbocycles. The first-order chi connectivity index (χ1) is 10.3. The first-order valence-electron chi connectivity index (χ1n) is 6.66. The van der Waals surface area contributed by atoms with Crippen LogP contribution in [0.3, 0.4) is 0 Å². The highest BCUT2D eigenvalue weighted by Crippen LogP contribution is 2.21. The average molecular weight is 331 g/mol. The van der Waals surface area contributed by atoms with E-state index in [9.17, 15) is 17.6 Å². The van der Waals surface area contributed by atoms with Gasteiger partial charge in [-0.05, 0) is 18.6 Å². The third-order valence-electron chi connectivity index (χ3n) is 3.54. The van der Waals surface area contributed by atoms with Crippen LogP contribution in [0.5, 0.6) is 0 Å². The molecule has 0 aromatic heterocycles. The lowest BCUT2D eigenvalue weighted by Crippen LogP contribution is -2.40. The first kappa shape index (κ1) is 16.7. The van der Waals surface area contributed by atoms with Crippen molar-refractivity contribution in [2.24, 2.45) is 0 Å². The smallest absolute Gasteiger partial charge is 0.262 e. The van der Waals surface area contributed by atoms with Crippen LogP contribution >= 0.6 is 0 Å². The zero-order chi connectivity index (χ0) is 16.3. The molecule has 1 aromatic carbocycles. The third kappa shape index (κ3) is 3.54. The predicted octanol–water partition coefficient (Wildman–Crippen LogP) is 0.318. The molecule has 2 rings (SSSR count). The van der Waals surface area contributed by atoms with E-state index in [2.05, 4.69) is 10.0 Å². The molecule has 2 unspecified atom stereocenters. The SMILES string of the molecule is CON(C)C(=O)C1CC(S(=O)(=O)Nc2ccccc2F)CN1. The van der Waals surface area contributed by atoms with Crippen molar-refractivity contribution < 1.29 is 22.4 Å². The second kappa shape index (κ2) is 6.59. The van der Waals surface area contributed by atoms with Crippen molar-refractivity contribution in [1.29, 1.82) is 0 Å². The van der Waals surface area contributed by atoms with Crippen molar-refractivity contribution in [1.82, 2.24) is 10.4 Å². The van der Waals surface area contributed by atoms with E-state index >= 15 is 0 Å². The molecule has 0 spiro atoms. The summed E-state index contributed by atoms with van der Waals surface area (Å²) in [4.78, 5) is 16.7. The second-order valence-corrected chi connectivity index (χ2v) is 6.92. The summed E-state index contributed by atoms with van der Waals surface area (Å²) >= 11 is 0. The number of hydrogen-bond donors (Lipinski definition) is 2. The third-order valence-corrected chi connectivity index (χ3v) is 5.28. The minimum atomic E-state index is -3.80. The van der Waals surface area contributed by atoms with Crippen LogP contribution in [-0.4, -0.2) is 51.4 Å². The summed E-state index contributed by atoms with van der Waals surface area (Å²) in [6.45, 7) is 0.109. The number of carbonyl (C=O) groups excluding carboxylic acids is 1. The normalized spacial score (nSPS) is 21.6. The molecular weight excluding hydrogens is 313 g/mol. The van der Waals surface area contributed by atoms with Crippen molar-refractivity contribution >= 4 is 21.6 Å². The Labute approximate surface area is 128 Å². The van der Waals surface area contributed by atoms with Gasteiger partial charge < -0.3 is 5.32 Å². The molecule has 2 atom stereocenters. The summed E-state index contributed by atoms with van der Waals surface area (Å²) in [6, 6.07) is 4.88. The zero-order valence-corrected chi connectivity index (χ0v) is 13.1. The number of nitrogens with zero attached hydrogens (tertiary/aromatic N) is 1. The standard InChI is InChI=1S/C13H18FN3O4S/c1-17(21-2)13(18)12-7-9(8-15-12)22(19,20)16-11-6-4-3-5-10(11)14/h3-6,9,12,15-16H,7-8H2,1-2H3. The van der Waals surface area contributed by atoms with Crippen LogP contribution in [0.15, 0.2) is 24.3 Å². The van der Waals surface area contributed by atoms with Gasteiger partial charge in [0.1, 0.15) is 5.82 Å². The number of rotatable bonds is 5. The van der Waals surface area contributed by atoms with Crippen molar-refractivity contribution in [3.05, 3.63) is 30.1 Å². The van der Waals surface area contributed by atoms with E-state index in [0.29, 0.717) is 0 Å². The van der Waals surface area contributed by atoms with Gasteiger partial charge in [0.05, 0.1) is 24.1 Å². The summed E-state index contributed by atoms with van der Waals surface area (Å²) in [6.07, 6.45) is 0.0936. The number of carbonyl (C=O) groups is 1. The van der Waals surface area contributed by atoms with Gasteiger partial charge in [0.2, 0.25) is 10.0 Å². The van der Waals surface area contributed by atoms with Crippen LogP contribution in [0, 0.1) is 5.82 Å². The highest BCUT2D eigenvalue weighted by molar-refractivity contribution is 7.93. The molecule has 7 nitrogen and oxygen atoms in total. The number of nitrogens with one attached hydrogen (secondary N) is 2. The molecule has 1 aromatic rings. The van der Waals surface area contributed by atoms with Gasteiger partial charge in [0, 0.05) is 13.6 Å². The maximum absolute atomic E-state index is 13.5. The van der Waals surface area contributed by atoms with Gasteiger partial charge in [-0.2, -0.15) is 0 Å². The fraction of sp³-hybridized carbons (Fsp3) is 0.462. The fourth-order valence-electron chi connectivity index (χ4n) is 2.22. The van der Waals surface area contributed by atoms with Crippen molar-refractivity contribution in [3.63, 3.8) is 0 Å². The highest BCUT2D eigenvalue weighted by Gasteiger charge is 2.38. The molecule has 1 heterocycles. The lowest BCUT2D eigenvalue weighted by atomic mass is 10.2. The molecule has 2 N–H and O–H groups in total. The van der Waals surface area contributed by atoms with E-state index < -0.39 is 27.1 Å². The van der Waals surface area contributed by atoms with Gasteiger partial charge in [-0.25, -0.2) is 17.9 Å². The van der Waals surface area contributed by atoms with Crippen LogP contribution in [-0.2, 0) is 19.7 Å². The molecule has 122 valence electrons. The number of benzene rings is 1. The minimum absolute atomic E-state index is 0.0936. The fourth-order valence-corrected chi connectivity index (χ4v) is 3.62. The zero-order valence-electron chi connectivity index (χ0n) is 12.2. The molecule has 0 radical (unpaired) electrons. The number of hydroxylamine groups is 2. The molecule has 0 aliphatic carbocycles. The Kier molecular flexibility index (Phi) is 4.99. The minimum Gasteiger partial charge on any atom is -0.304 e. The number of para-hydroxylation sites is 1. The summed E-state index contributed by atoms with van der Waals surface area (Å²) in [5.41, 5.74) is -0.105. The van der Waals surface area contributed by atoms with Gasteiger partial charge in [0.25, 0.3) is 5.91 Å². The van der Waals surface area contributed by atoms with E-state index in [1.54, 1.807) is 0 Å². The van der Waals surface area contributed by atoms with Crippen LogP contribution in [0.4, 0.5) is 10.1 Å². The first-order valence-corrected chi connectivity index (χ1v) is 8.21. The van der Waals surface area contributed by atoms with Gasteiger partial charge in [0.15, 0.2) is 0 Å². The Hall–Kier alpha value is -1.71. The number of sulfonamides is 1. The number of anilines is 1. The molecule has 1 amide bonds. The lowest BCUT2D eigenvalue weighted by molar-refractivity contribution is -0.170. The average Bonchev–Trinajstić information content (AvgIpc) is 2.98. The molecular formula is C13H18FN3O4S. The Morgan fingerprint density at radius 1 is 1.45 bits per heavy atom. The maximum atomic E-state index is 13.5. The Bertz CT molecular complexity index is 652. The monoisotopic (exact) mass is 331 g/mol. The van der Waals surface area contributed by atoms with E-state index in [1.165, 1.54) is 38.4 Å². The number of halogens is 1. The molecule has 1 aliphatic rings. The molecule has 1 fully saturated rings. The number of hydrogen-bond acceptors (Lipinski definition) is 5. The molecule has 1 aliphatic heterocycles. The molecule has 22 heavy (non-hydrogen) atoms. The Balaban J connectivity index is 2.06. The summed E-state index contributed by atoms with van der Waals surface area (Å²) in [7, 11) is -1.00.